The number of nitrogens with zero attached hydrogens (tertiary/aromatic N) is 1. The first-order valence-electron chi connectivity index (χ1n) is 7.93. The van der Waals surface area contributed by atoms with E-state index in [1.54, 1.807) is 12.0 Å². The first kappa shape index (κ1) is 17.0. The van der Waals surface area contributed by atoms with Crippen molar-refractivity contribution < 1.29 is 14.6 Å². The minimum atomic E-state index is -0.217. The van der Waals surface area contributed by atoms with Gasteiger partial charge in [0.15, 0.2) is 0 Å². The summed E-state index contributed by atoms with van der Waals surface area (Å²) in [7, 11) is 1.63. The van der Waals surface area contributed by atoms with Gasteiger partial charge in [-0.3, -0.25) is 4.79 Å². The summed E-state index contributed by atoms with van der Waals surface area (Å²) >= 11 is 3.41. The zero-order chi connectivity index (χ0) is 17.1. The number of ether oxygens (including phenoxy) is 1. The van der Waals surface area contributed by atoms with E-state index >= 15 is 0 Å². The fraction of sp³-hybridized carbons (Fsp3) is 0.316. The number of hydrogen-bond donors (Lipinski definition) is 1. The van der Waals surface area contributed by atoms with Crippen molar-refractivity contribution in [1.29, 1.82) is 0 Å². The molecule has 0 aliphatic carbocycles. The summed E-state index contributed by atoms with van der Waals surface area (Å²) in [6.45, 7) is 0.555. The van der Waals surface area contributed by atoms with Gasteiger partial charge in [-0.05, 0) is 48.4 Å². The maximum Gasteiger partial charge on any atom is 0.230 e. The van der Waals surface area contributed by atoms with E-state index in [2.05, 4.69) is 15.9 Å². The van der Waals surface area contributed by atoms with Gasteiger partial charge in [0.1, 0.15) is 5.75 Å². The van der Waals surface area contributed by atoms with Crippen LogP contribution in [0.4, 0.5) is 5.69 Å². The molecule has 24 heavy (non-hydrogen) atoms. The van der Waals surface area contributed by atoms with Gasteiger partial charge in [-0.2, -0.15) is 0 Å². The van der Waals surface area contributed by atoms with Crippen molar-refractivity contribution in [3.63, 3.8) is 0 Å². The molecule has 0 radical (unpaired) electrons. The van der Waals surface area contributed by atoms with Gasteiger partial charge >= 0.3 is 0 Å². The standard InChI is InChI=1S/C19H20BrNO3/c1-24-17-4-2-3-13(9-17)10-18-14(12-22)11-21(19(18)23)16-7-5-15(20)6-8-16/h2-9,14,18,22H,10-12H2,1H3/t14-,18-/m0/s1. The molecule has 0 saturated carbocycles. The summed E-state index contributed by atoms with van der Waals surface area (Å²) < 4.78 is 6.23. The van der Waals surface area contributed by atoms with Gasteiger partial charge < -0.3 is 14.7 Å². The van der Waals surface area contributed by atoms with Gasteiger partial charge in [0.25, 0.3) is 0 Å². The molecule has 0 aromatic heterocycles. The minimum Gasteiger partial charge on any atom is -0.497 e. The molecule has 3 rings (SSSR count). The highest BCUT2D eigenvalue weighted by Gasteiger charge is 2.40. The Morgan fingerprint density at radius 3 is 2.67 bits per heavy atom. The lowest BCUT2D eigenvalue weighted by Crippen LogP contribution is -2.27. The SMILES string of the molecule is COc1cccc(C[C@@H]2C(=O)N(c3ccc(Br)cc3)C[C@H]2CO)c1. The zero-order valence-electron chi connectivity index (χ0n) is 13.5. The average Bonchev–Trinajstić information content (AvgIpc) is 2.92. The maximum absolute atomic E-state index is 12.9. The van der Waals surface area contributed by atoms with Crippen LogP contribution in [0.2, 0.25) is 0 Å². The van der Waals surface area contributed by atoms with E-state index in [-0.39, 0.29) is 24.3 Å². The number of anilines is 1. The molecule has 1 aliphatic heterocycles. The van der Waals surface area contributed by atoms with Gasteiger partial charge in [0.2, 0.25) is 5.91 Å². The zero-order valence-corrected chi connectivity index (χ0v) is 15.1. The normalized spacial score (nSPS) is 20.5. The molecule has 4 nitrogen and oxygen atoms in total. The Morgan fingerprint density at radius 2 is 2.00 bits per heavy atom. The number of rotatable bonds is 5. The first-order chi connectivity index (χ1) is 11.6. The summed E-state index contributed by atoms with van der Waals surface area (Å²) in [5, 5.41) is 9.73. The number of hydrogen-bond acceptors (Lipinski definition) is 3. The second kappa shape index (κ2) is 7.36. The van der Waals surface area contributed by atoms with E-state index in [1.165, 1.54) is 0 Å². The third-order valence-corrected chi connectivity index (χ3v) is 5.06. The van der Waals surface area contributed by atoms with E-state index in [1.807, 2.05) is 48.5 Å². The smallest absolute Gasteiger partial charge is 0.230 e. The van der Waals surface area contributed by atoms with Crippen molar-refractivity contribution in [3.05, 3.63) is 58.6 Å². The fourth-order valence-corrected chi connectivity index (χ4v) is 3.46. The van der Waals surface area contributed by atoms with Crippen molar-refractivity contribution in [2.45, 2.75) is 6.42 Å². The molecule has 0 spiro atoms. The molecule has 1 amide bonds. The molecule has 1 heterocycles. The molecule has 2 aromatic carbocycles. The highest BCUT2D eigenvalue weighted by molar-refractivity contribution is 9.10. The quantitative estimate of drug-likeness (QED) is 0.853. The lowest BCUT2D eigenvalue weighted by atomic mass is 9.89. The highest BCUT2D eigenvalue weighted by Crippen LogP contribution is 2.32. The van der Waals surface area contributed by atoms with Gasteiger partial charge in [0.05, 0.1) is 7.11 Å². The van der Waals surface area contributed by atoms with Gasteiger partial charge in [-0.1, -0.05) is 28.1 Å². The van der Waals surface area contributed by atoms with Gasteiger partial charge in [-0.15, -0.1) is 0 Å². The van der Waals surface area contributed by atoms with E-state index in [9.17, 15) is 9.90 Å². The third-order valence-electron chi connectivity index (χ3n) is 4.53. The van der Waals surface area contributed by atoms with E-state index in [0.29, 0.717) is 13.0 Å². The molecular weight excluding hydrogens is 370 g/mol. The molecular formula is C19H20BrNO3. The molecule has 1 N–H and O–H groups in total. The lowest BCUT2D eigenvalue weighted by molar-refractivity contribution is -0.121. The molecule has 0 bridgehead atoms. The first-order valence-corrected chi connectivity index (χ1v) is 8.72. The van der Waals surface area contributed by atoms with Crippen molar-refractivity contribution in [2.24, 2.45) is 11.8 Å². The molecule has 2 atom stereocenters. The lowest BCUT2D eigenvalue weighted by Gasteiger charge is -2.17. The predicted octanol–water partition coefficient (Wildman–Crippen LogP) is 3.27. The molecule has 5 heteroatoms. The van der Waals surface area contributed by atoms with E-state index in [4.69, 9.17) is 4.74 Å². The van der Waals surface area contributed by atoms with E-state index in [0.717, 1.165) is 21.5 Å². The van der Waals surface area contributed by atoms with Crippen LogP contribution in [-0.2, 0) is 11.2 Å². The van der Waals surface area contributed by atoms with Crippen LogP contribution in [-0.4, -0.2) is 31.3 Å². The molecule has 0 unspecified atom stereocenters. The van der Waals surface area contributed by atoms with Crippen molar-refractivity contribution >= 4 is 27.5 Å². The number of aliphatic hydroxyl groups excluding tert-OH is 1. The van der Waals surface area contributed by atoms with Crippen molar-refractivity contribution in [1.82, 2.24) is 0 Å². The number of carbonyl (C=O) groups excluding carboxylic acids is 1. The summed E-state index contributed by atoms with van der Waals surface area (Å²) in [5.41, 5.74) is 1.92. The molecule has 126 valence electrons. The second-order valence-electron chi connectivity index (χ2n) is 6.03. The Hall–Kier alpha value is -1.85. The third kappa shape index (κ3) is 3.47. The average molecular weight is 390 g/mol. The summed E-state index contributed by atoms with van der Waals surface area (Å²) in [6, 6.07) is 15.4. The van der Waals surface area contributed by atoms with Crippen molar-refractivity contribution in [2.75, 3.05) is 25.2 Å². The maximum atomic E-state index is 12.9. The Labute approximate surface area is 150 Å². The predicted molar refractivity (Wildman–Crippen MR) is 97.3 cm³/mol. The molecule has 1 fully saturated rings. The summed E-state index contributed by atoms with van der Waals surface area (Å²) in [5.74, 6) is 0.570. The van der Waals surface area contributed by atoms with Crippen molar-refractivity contribution in [3.8, 4) is 5.75 Å². The Balaban J connectivity index is 1.81. The van der Waals surface area contributed by atoms with Crippen LogP contribution in [0.1, 0.15) is 5.56 Å². The monoisotopic (exact) mass is 389 g/mol. The Bertz CT molecular complexity index is 717. The van der Waals surface area contributed by atoms with Crippen LogP contribution in [0.5, 0.6) is 5.75 Å². The number of amides is 1. The largest absolute Gasteiger partial charge is 0.497 e. The van der Waals surface area contributed by atoms with E-state index < -0.39 is 0 Å². The summed E-state index contributed by atoms with van der Waals surface area (Å²) in [4.78, 5) is 14.7. The molecule has 1 aliphatic rings. The van der Waals surface area contributed by atoms with Crippen LogP contribution < -0.4 is 9.64 Å². The summed E-state index contributed by atoms with van der Waals surface area (Å²) in [6.07, 6.45) is 0.605. The highest BCUT2D eigenvalue weighted by atomic mass is 79.9. The van der Waals surface area contributed by atoms with Crippen LogP contribution in [0, 0.1) is 11.8 Å². The topological polar surface area (TPSA) is 49.8 Å². The van der Waals surface area contributed by atoms with Crippen LogP contribution in [0.15, 0.2) is 53.0 Å². The van der Waals surface area contributed by atoms with Crippen LogP contribution in [0.3, 0.4) is 0 Å². The van der Waals surface area contributed by atoms with Gasteiger partial charge in [-0.25, -0.2) is 0 Å². The second-order valence-corrected chi connectivity index (χ2v) is 6.95. The molecule has 2 aromatic rings. The van der Waals surface area contributed by atoms with Gasteiger partial charge in [0, 0.05) is 35.1 Å². The number of benzene rings is 2. The number of methoxy groups -OCH3 is 1. The molecule has 1 saturated heterocycles. The van der Waals surface area contributed by atoms with Crippen LogP contribution >= 0.6 is 15.9 Å². The number of halogens is 1. The minimum absolute atomic E-state index is 0.00734. The number of aliphatic hydroxyl groups is 1. The number of carbonyl (C=O) groups is 1. The van der Waals surface area contributed by atoms with Crippen LogP contribution in [0.25, 0.3) is 0 Å². The fourth-order valence-electron chi connectivity index (χ4n) is 3.20. The Morgan fingerprint density at radius 1 is 1.25 bits per heavy atom. The Kier molecular flexibility index (Phi) is 5.21.